The molecule has 28 heavy (non-hydrogen) atoms. The van der Waals surface area contributed by atoms with Gasteiger partial charge in [-0.25, -0.2) is 9.67 Å². The van der Waals surface area contributed by atoms with Gasteiger partial charge in [0, 0.05) is 33.3 Å². The molecule has 5 atom stereocenters. The predicted molar refractivity (Wildman–Crippen MR) is 106 cm³/mol. The number of thioether (sulfide) groups is 1. The summed E-state index contributed by atoms with van der Waals surface area (Å²) in [4.78, 5) is 9.06. The van der Waals surface area contributed by atoms with Crippen LogP contribution in [0.3, 0.4) is 0 Å². The lowest BCUT2D eigenvalue weighted by molar-refractivity contribution is -0.178. The van der Waals surface area contributed by atoms with Crippen molar-refractivity contribution in [1.82, 2.24) is 25.0 Å². The first-order chi connectivity index (χ1) is 13.6. The largest absolute Gasteiger partial charge is 0.394 e. The van der Waals surface area contributed by atoms with Gasteiger partial charge in [0.25, 0.3) is 0 Å². The molecule has 1 aliphatic heterocycles. The van der Waals surface area contributed by atoms with Crippen LogP contribution < -0.4 is 0 Å². The number of pyridine rings is 1. The number of hydrogen-bond acceptors (Lipinski definition) is 10. The maximum Gasteiger partial charge on any atom is 0.145 e. The van der Waals surface area contributed by atoms with Crippen molar-refractivity contribution < 1.29 is 20.1 Å². The summed E-state index contributed by atoms with van der Waals surface area (Å²) < 4.78 is 7.93. The lowest BCUT2D eigenvalue weighted by atomic mass is 9.97. The van der Waals surface area contributed by atoms with Crippen molar-refractivity contribution in [2.45, 2.75) is 34.7 Å². The van der Waals surface area contributed by atoms with E-state index >= 15 is 0 Å². The van der Waals surface area contributed by atoms with Gasteiger partial charge in [-0.05, 0) is 22.0 Å². The van der Waals surface area contributed by atoms with Gasteiger partial charge < -0.3 is 20.1 Å². The van der Waals surface area contributed by atoms with Crippen LogP contribution in [0.5, 0.6) is 0 Å². The molecule has 3 N–H and O–H groups in total. The van der Waals surface area contributed by atoms with E-state index < -0.39 is 36.4 Å². The van der Waals surface area contributed by atoms with Gasteiger partial charge in [0.15, 0.2) is 0 Å². The lowest BCUT2D eigenvalue weighted by Crippen LogP contribution is -2.55. The number of thiazole rings is 1. The lowest BCUT2D eigenvalue weighted by Gasteiger charge is -2.41. The highest BCUT2D eigenvalue weighted by Crippen LogP contribution is 2.38. The first-order valence-electron chi connectivity index (χ1n) is 8.28. The molecular weight excluding hydrogens is 470 g/mol. The Bertz CT molecular complexity index is 927. The Morgan fingerprint density at radius 3 is 2.86 bits per heavy atom. The Balaban J connectivity index is 1.61. The number of rotatable bonds is 5. The first-order valence-corrected chi connectivity index (χ1v) is 10.8. The third-order valence-corrected chi connectivity index (χ3v) is 6.59. The van der Waals surface area contributed by atoms with Crippen molar-refractivity contribution in [2.75, 3.05) is 6.61 Å². The number of aliphatic hydroxyl groups excluding tert-OH is 3. The standard InChI is InChI=1S/C16H16BrN5O4S2/c17-8-3-9(5-18-4-8)28-16-14(25)12(13(24)11(7-23)26-16)22-6-10(20-21-22)15-19-1-2-27-15/h1-6,11-14,16,23-25H,7H2/t11-,12+,13+,14-,16-/m1/s1. The van der Waals surface area contributed by atoms with Gasteiger partial charge in [-0.1, -0.05) is 17.0 Å². The van der Waals surface area contributed by atoms with Crippen molar-refractivity contribution in [2.24, 2.45) is 0 Å². The van der Waals surface area contributed by atoms with Gasteiger partial charge in [-0.15, -0.1) is 16.4 Å². The maximum absolute atomic E-state index is 10.9. The van der Waals surface area contributed by atoms with Crippen molar-refractivity contribution in [1.29, 1.82) is 0 Å². The molecule has 0 bridgehead atoms. The Morgan fingerprint density at radius 1 is 1.29 bits per heavy atom. The molecule has 4 rings (SSSR count). The molecule has 0 unspecified atom stereocenters. The minimum absolute atomic E-state index is 0.397. The van der Waals surface area contributed by atoms with E-state index in [1.54, 1.807) is 24.8 Å². The van der Waals surface area contributed by atoms with E-state index in [1.165, 1.54) is 27.8 Å². The van der Waals surface area contributed by atoms with Crippen LogP contribution in [0.4, 0.5) is 0 Å². The van der Waals surface area contributed by atoms with Crippen LogP contribution in [-0.4, -0.2) is 70.6 Å². The van der Waals surface area contributed by atoms with E-state index in [0.717, 1.165) is 9.37 Å². The minimum atomic E-state index is -1.16. The second-order valence-corrected chi connectivity index (χ2v) is 9.06. The summed E-state index contributed by atoms with van der Waals surface area (Å²) in [7, 11) is 0. The number of halogens is 1. The zero-order valence-electron chi connectivity index (χ0n) is 14.2. The van der Waals surface area contributed by atoms with Gasteiger partial charge in [0.1, 0.15) is 40.5 Å². The quantitative estimate of drug-likeness (QED) is 0.490. The number of aromatic nitrogens is 5. The second kappa shape index (κ2) is 8.53. The van der Waals surface area contributed by atoms with Crippen LogP contribution in [0.15, 0.2) is 45.6 Å². The Hall–Kier alpha value is -1.41. The summed E-state index contributed by atoms with van der Waals surface area (Å²) in [6, 6.07) is 1.00. The van der Waals surface area contributed by atoms with Gasteiger partial charge in [0.05, 0.1) is 12.8 Å². The molecule has 12 heteroatoms. The van der Waals surface area contributed by atoms with Gasteiger partial charge >= 0.3 is 0 Å². The summed E-state index contributed by atoms with van der Waals surface area (Å²) in [5.41, 5.74) is -0.198. The zero-order chi connectivity index (χ0) is 19.7. The fourth-order valence-electron chi connectivity index (χ4n) is 2.94. The monoisotopic (exact) mass is 485 g/mol. The van der Waals surface area contributed by atoms with E-state index in [0.29, 0.717) is 10.7 Å². The number of ether oxygens (including phenoxy) is 1. The summed E-state index contributed by atoms with van der Waals surface area (Å²) in [5.74, 6) is 0. The normalized spacial score (nSPS) is 27.8. The molecule has 3 aromatic rings. The zero-order valence-corrected chi connectivity index (χ0v) is 17.5. The first kappa shape index (κ1) is 19.9. The molecule has 3 aromatic heterocycles. The predicted octanol–water partition coefficient (Wildman–Crippen LogP) is 1.33. The van der Waals surface area contributed by atoms with Crippen LogP contribution >= 0.6 is 39.0 Å². The Kier molecular flexibility index (Phi) is 6.06. The molecule has 1 saturated heterocycles. The second-order valence-electron chi connectivity index (χ2n) is 6.08. The SMILES string of the molecule is OC[C@H]1O[C@H](Sc2cncc(Br)c2)[C@H](O)[C@@H](n2cc(-c3nccs3)nn2)[C@H]1O. The van der Waals surface area contributed by atoms with Crippen LogP contribution in [0.2, 0.25) is 0 Å². The molecule has 0 aromatic carbocycles. The molecule has 0 aliphatic carbocycles. The Labute approximate surface area is 176 Å². The number of nitrogens with zero attached hydrogens (tertiary/aromatic N) is 5. The number of aliphatic hydroxyl groups is 3. The number of hydrogen-bond donors (Lipinski definition) is 3. The smallest absolute Gasteiger partial charge is 0.145 e. The maximum atomic E-state index is 10.9. The van der Waals surface area contributed by atoms with Gasteiger partial charge in [-0.3, -0.25) is 4.98 Å². The van der Waals surface area contributed by atoms with Crippen LogP contribution in [0, 0.1) is 0 Å². The molecular formula is C16H16BrN5O4S2. The highest BCUT2D eigenvalue weighted by molar-refractivity contribution is 9.10. The summed E-state index contributed by atoms with van der Waals surface area (Å²) in [6.45, 7) is -0.397. The molecule has 0 radical (unpaired) electrons. The molecule has 1 fully saturated rings. The van der Waals surface area contributed by atoms with Crippen molar-refractivity contribution in [3.8, 4) is 10.7 Å². The molecule has 0 amide bonds. The van der Waals surface area contributed by atoms with E-state index in [2.05, 4.69) is 36.2 Å². The van der Waals surface area contributed by atoms with E-state index in [4.69, 9.17) is 4.74 Å². The molecule has 0 saturated carbocycles. The topological polar surface area (TPSA) is 126 Å². The van der Waals surface area contributed by atoms with E-state index in [1.807, 2.05) is 11.4 Å². The average molecular weight is 486 g/mol. The van der Waals surface area contributed by atoms with Gasteiger partial charge in [0.2, 0.25) is 0 Å². The van der Waals surface area contributed by atoms with E-state index in [-0.39, 0.29) is 0 Å². The molecule has 1 aliphatic rings. The molecule has 9 nitrogen and oxygen atoms in total. The average Bonchev–Trinajstić information content (AvgIpc) is 3.36. The van der Waals surface area contributed by atoms with Crippen LogP contribution in [0.1, 0.15) is 6.04 Å². The summed E-state index contributed by atoms with van der Waals surface area (Å²) in [5, 5.41) is 41.9. The van der Waals surface area contributed by atoms with Gasteiger partial charge in [-0.2, -0.15) is 0 Å². The fourth-order valence-corrected chi connectivity index (χ4v) is 5.13. The van der Waals surface area contributed by atoms with Crippen molar-refractivity contribution in [3.05, 3.63) is 40.7 Å². The highest BCUT2D eigenvalue weighted by Gasteiger charge is 2.46. The fraction of sp³-hybridized carbons (Fsp3) is 0.375. The summed E-state index contributed by atoms with van der Waals surface area (Å²) >= 11 is 6.03. The molecule has 0 spiro atoms. The third kappa shape index (κ3) is 3.99. The van der Waals surface area contributed by atoms with E-state index in [9.17, 15) is 15.3 Å². The Morgan fingerprint density at radius 2 is 2.14 bits per heavy atom. The molecule has 4 heterocycles. The van der Waals surface area contributed by atoms with Crippen LogP contribution in [-0.2, 0) is 4.74 Å². The van der Waals surface area contributed by atoms with Crippen LogP contribution in [0.25, 0.3) is 10.7 Å². The minimum Gasteiger partial charge on any atom is -0.394 e. The molecule has 148 valence electrons. The summed E-state index contributed by atoms with van der Waals surface area (Å²) in [6.07, 6.45) is 3.45. The third-order valence-electron chi connectivity index (χ3n) is 4.25. The van der Waals surface area contributed by atoms with Crippen molar-refractivity contribution >= 4 is 39.0 Å². The van der Waals surface area contributed by atoms with Crippen molar-refractivity contribution in [3.63, 3.8) is 0 Å². The highest BCUT2D eigenvalue weighted by atomic mass is 79.9.